The first kappa shape index (κ1) is 18.5. The van der Waals surface area contributed by atoms with Crippen LogP contribution in [-0.4, -0.2) is 27.0 Å². The van der Waals surface area contributed by atoms with Crippen molar-refractivity contribution in [2.75, 3.05) is 7.05 Å². The fourth-order valence-electron chi connectivity index (χ4n) is 3.48. The smallest absolute Gasteiger partial charge is 0.214 e. The molecule has 0 amide bonds. The number of ether oxygens (including phenoxy) is 1. The largest absolute Gasteiger partial charge is 0.471 e. The molecular weight excluding hydrogens is 350 g/mol. The van der Waals surface area contributed by atoms with Crippen LogP contribution in [0.3, 0.4) is 0 Å². The molecule has 3 aromatic rings. The maximum absolute atomic E-state index is 5.99. The Bertz CT molecular complexity index is 945. The molecule has 28 heavy (non-hydrogen) atoms. The zero-order chi connectivity index (χ0) is 19.3. The highest BCUT2D eigenvalue weighted by molar-refractivity contribution is 5.66. The molecule has 1 aliphatic carbocycles. The molecule has 3 aromatic heterocycles. The van der Waals surface area contributed by atoms with Gasteiger partial charge in [0.05, 0.1) is 29.5 Å². The molecule has 0 saturated heterocycles. The Morgan fingerprint density at radius 3 is 2.86 bits per heavy atom. The van der Waals surface area contributed by atoms with Crippen molar-refractivity contribution < 1.29 is 4.74 Å². The molecule has 6 heteroatoms. The third-order valence-corrected chi connectivity index (χ3v) is 5.18. The lowest BCUT2D eigenvalue weighted by Crippen LogP contribution is -2.15. The summed E-state index contributed by atoms with van der Waals surface area (Å²) in [6.07, 6.45) is 9.75. The predicted molar refractivity (Wildman–Crippen MR) is 108 cm³/mol. The number of nitrogens with zero attached hydrogens (tertiary/aromatic N) is 4. The van der Waals surface area contributed by atoms with Gasteiger partial charge in [-0.25, -0.2) is 9.97 Å². The monoisotopic (exact) mass is 375 g/mol. The molecular formula is C22H25N5O. The van der Waals surface area contributed by atoms with E-state index in [1.165, 1.54) is 12.0 Å². The van der Waals surface area contributed by atoms with Crippen molar-refractivity contribution in [3.05, 3.63) is 65.5 Å². The third kappa shape index (κ3) is 4.02. The summed E-state index contributed by atoms with van der Waals surface area (Å²) in [6.45, 7) is 2.48. The number of aromatic nitrogens is 4. The van der Waals surface area contributed by atoms with Crippen LogP contribution in [0.15, 0.2) is 42.9 Å². The maximum Gasteiger partial charge on any atom is 0.214 e. The highest BCUT2D eigenvalue weighted by atomic mass is 16.5. The molecule has 1 N–H and O–H groups in total. The Labute approximate surface area is 165 Å². The van der Waals surface area contributed by atoms with E-state index in [9.17, 15) is 0 Å². The van der Waals surface area contributed by atoms with Gasteiger partial charge in [-0.15, -0.1) is 0 Å². The van der Waals surface area contributed by atoms with Crippen LogP contribution >= 0.6 is 0 Å². The van der Waals surface area contributed by atoms with Gasteiger partial charge in [-0.1, -0.05) is 6.07 Å². The van der Waals surface area contributed by atoms with Crippen molar-refractivity contribution >= 4 is 0 Å². The van der Waals surface area contributed by atoms with Crippen LogP contribution in [0, 0.1) is 0 Å². The van der Waals surface area contributed by atoms with Crippen LogP contribution < -0.4 is 10.1 Å². The first-order valence-electron chi connectivity index (χ1n) is 9.79. The zero-order valence-electron chi connectivity index (χ0n) is 16.4. The standard InChI is InChI=1S/C22H25N5O/c1-15(23-2)20-12-24-13-21(26-20)18-11-22(27-19-9-4-3-8-17(18)19)28-14-16-7-5-6-10-25-16/h5-7,10-13,15,23H,3-4,8-9,14H2,1-2H3. The van der Waals surface area contributed by atoms with E-state index in [-0.39, 0.29) is 6.04 Å². The number of fused-ring (bicyclic) bond motifs is 1. The molecule has 4 rings (SSSR count). The topological polar surface area (TPSA) is 72.8 Å². The van der Waals surface area contributed by atoms with E-state index < -0.39 is 0 Å². The molecule has 0 aliphatic heterocycles. The summed E-state index contributed by atoms with van der Waals surface area (Å²) in [5.41, 5.74) is 6.17. The van der Waals surface area contributed by atoms with E-state index in [0.717, 1.165) is 47.6 Å². The fraction of sp³-hybridized carbons (Fsp3) is 0.364. The van der Waals surface area contributed by atoms with Crippen molar-refractivity contribution in [2.45, 2.75) is 45.3 Å². The van der Waals surface area contributed by atoms with Gasteiger partial charge in [0.15, 0.2) is 0 Å². The van der Waals surface area contributed by atoms with Crippen molar-refractivity contribution in [1.82, 2.24) is 25.3 Å². The number of hydrogen-bond acceptors (Lipinski definition) is 6. The average Bonchev–Trinajstić information content (AvgIpc) is 2.77. The van der Waals surface area contributed by atoms with Crippen molar-refractivity contribution in [3.8, 4) is 17.1 Å². The average molecular weight is 375 g/mol. The first-order valence-corrected chi connectivity index (χ1v) is 9.79. The Hall–Kier alpha value is -2.86. The molecule has 0 spiro atoms. The molecule has 3 heterocycles. The summed E-state index contributed by atoms with van der Waals surface area (Å²) in [5.74, 6) is 0.621. The van der Waals surface area contributed by atoms with E-state index in [2.05, 4.69) is 22.2 Å². The van der Waals surface area contributed by atoms with E-state index in [0.29, 0.717) is 12.5 Å². The lowest BCUT2D eigenvalue weighted by molar-refractivity contribution is 0.288. The molecule has 0 saturated carbocycles. The van der Waals surface area contributed by atoms with Crippen molar-refractivity contribution in [1.29, 1.82) is 0 Å². The summed E-state index contributed by atoms with van der Waals surface area (Å²) in [6, 6.07) is 7.96. The Morgan fingerprint density at radius 1 is 1.14 bits per heavy atom. The third-order valence-electron chi connectivity index (χ3n) is 5.18. The van der Waals surface area contributed by atoms with Crippen LogP contribution in [0.5, 0.6) is 5.88 Å². The molecule has 0 radical (unpaired) electrons. The van der Waals surface area contributed by atoms with Crippen molar-refractivity contribution in [2.24, 2.45) is 0 Å². The van der Waals surface area contributed by atoms with E-state index in [1.54, 1.807) is 6.20 Å². The number of rotatable bonds is 6. The Balaban J connectivity index is 1.69. The normalized spacial score (nSPS) is 14.4. The van der Waals surface area contributed by atoms with E-state index in [4.69, 9.17) is 14.7 Å². The Kier molecular flexibility index (Phi) is 5.58. The van der Waals surface area contributed by atoms with Gasteiger partial charge in [-0.05, 0) is 57.4 Å². The van der Waals surface area contributed by atoms with Gasteiger partial charge in [0, 0.05) is 29.6 Å². The number of aryl methyl sites for hydroxylation is 1. The molecule has 6 nitrogen and oxygen atoms in total. The van der Waals surface area contributed by atoms with Gasteiger partial charge in [-0.3, -0.25) is 9.97 Å². The molecule has 144 valence electrons. The van der Waals surface area contributed by atoms with E-state index in [1.807, 2.05) is 43.7 Å². The summed E-state index contributed by atoms with van der Waals surface area (Å²) in [5, 5.41) is 3.23. The van der Waals surface area contributed by atoms with Gasteiger partial charge in [0.2, 0.25) is 5.88 Å². The highest BCUT2D eigenvalue weighted by Gasteiger charge is 2.20. The lowest BCUT2D eigenvalue weighted by Gasteiger charge is -2.20. The lowest BCUT2D eigenvalue weighted by atomic mass is 9.91. The van der Waals surface area contributed by atoms with Crippen LogP contribution in [0.4, 0.5) is 0 Å². The van der Waals surface area contributed by atoms with Gasteiger partial charge in [0.25, 0.3) is 0 Å². The number of nitrogens with one attached hydrogen (secondary N) is 1. The van der Waals surface area contributed by atoms with Gasteiger partial charge >= 0.3 is 0 Å². The minimum absolute atomic E-state index is 0.144. The molecule has 0 aromatic carbocycles. The first-order chi connectivity index (χ1) is 13.7. The second-order valence-electron chi connectivity index (χ2n) is 7.09. The summed E-state index contributed by atoms with van der Waals surface area (Å²) < 4.78 is 5.99. The second-order valence-corrected chi connectivity index (χ2v) is 7.09. The minimum Gasteiger partial charge on any atom is -0.471 e. The van der Waals surface area contributed by atoms with Crippen LogP contribution in [-0.2, 0) is 19.4 Å². The van der Waals surface area contributed by atoms with Gasteiger partial charge in [0.1, 0.15) is 6.61 Å². The zero-order valence-corrected chi connectivity index (χ0v) is 16.4. The van der Waals surface area contributed by atoms with Crippen LogP contribution in [0.1, 0.15) is 48.5 Å². The van der Waals surface area contributed by atoms with Gasteiger partial charge in [-0.2, -0.15) is 0 Å². The quantitative estimate of drug-likeness (QED) is 0.709. The summed E-state index contributed by atoms with van der Waals surface area (Å²) in [7, 11) is 1.93. The molecule has 0 bridgehead atoms. The molecule has 1 aliphatic rings. The minimum atomic E-state index is 0.144. The van der Waals surface area contributed by atoms with Gasteiger partial charge < -0.3 is 10.1 Å². The van der Waals surface area contributed by atoms with E-state index >= 15 is 0 Å². The Morgan fingerprint density at radius 2 is 2.04 bits per heavy atom. The maximum atomic E-state index is 5.99. The second kappa shape index (κ2) is 8.44. The van der Waals surface area contributed by atoms with Crippen LogP contribution in [0.25, 0.3) is 11.3 Å². The summed E-state index contributed by atoms with van der Waals surface area (Å²) in [4.78, 5) is 18.4. The highest BCUT2D eigenvalue weighted by Crippen LogP contribution is 2.33. The predicted octanol–water partition coefficient (Wildman–Crippen LogP) is 3.67. The van der Waals surface area contributed by atoms with Crippen LogP contribution in [0.2, 0.25) is 0 Å². The molecule has 0 fully saturated rings. The number of pyridine rings is 2. The summed E-state index contributed by atoms with van der Waals surface area (Å²) >= 11 is 0. The molecule has 1 atom stereocenters. The number of hydrogen-bond donors (Lipinski definition) is 1. The van der Waals surface area contributed by atoms with Crippen molar-refractivity contribution in [3.63, 3.8) is 0 Å². The SMILES string of the molecule is CNC(C)c1cncc(-c2cc(OCc3ccccn3)nc3c2CCCC3)n1. The fourth-order valence-corrected chi connectivity index (χ4v) is 3.48. The molecule has 1 unspecified atom stereocenters.